The van der Waals surface area contributed by atoms with Gasteiger partial charge in [-0.05, 0) is 12.1 Å². The van der Waals surface area contributed by atoms with Crippen molar-refractivity contribution in [2.45, 2.75) is 12.6 Å². The summed E-state index contributed by atoms with van der Waals surface area (Å²) in [5.74, 6) is 0.460. The zero-order valence-electron chi connectivity index (χ0n) is 9.71. The van der Waals surface area contributed by atoms with Gasteiger partial charge in [0.2, 0.25) is 0 Å². The van der Waals surface area contributed by atoms with E-state index >= 15 is 0 Å². The van der Waals surface area contributed by atoms with Crippen LogP contribution in [0.2, 0.25) is 0 Å². The first kappa shape index (κ1) is 13.5. The Balaban J connectivity index is 2.72. The van der Waals surface area contributed by atoms with E-state index in [9.17, 15) is 13.2 Å². The van der Waals surface area contributed by atoms with Gasteiger partial charge < -0.3 is 15.4 Å². The summed E-state index contributed by atoms with van der Waals surface area (Å²) in [7, 11) is 3.06. The molecule has 0 heterocycles. The fraction of sp³-hybridized carbons (Fsp3) is 0.455. The molecule has 0 atom stereocenters. The maximum Gasteiger partial charge on any atom is 0.390 e. The molecular formula is C11H15F3N2O. The Labute approximate surface area is 98.0 Å². The summed E-state index contributed by atoms with van der Waals surface area (Å²) in [6.07, 6.45) is -5.00. The second-order valence-electron chi connectivity index (χ2n) is 3.71. The zero-order valence-corrected chi connectivity index (χ0v) is 9.71. The van der Waals surface area contributed by atoms with Gasteiger partial charge in [0.15, 0.2) is 0 Å². The Kier molecular flexibility index (Phi) is 4.09. The van der Waals surface area contributed by atoms with Crippen LogP contribution in [0.3, 0.4) is 0 Å². The van der Waals surface area contributed by atoms with E-state index in [0.717, 1.165) is 0 Å². The molecule has 96 valence electrons. The number of benzene rings is 1. The van der Waals surface area contributed by atoms with E-state index < -0.39 is 12.6 Å². The van der Waals surface area contributed by atoms with Gasteiger partial charge in [-0.3, -0.25) is 0 Å². The lowest BCUT2D eigenvalue weighted by molar-refractivity contribution is -0.132. The Morgan fingerprint density at radius 1 is 1.35 bits per heavy atom. The van der Waals surface area contributed by atoms with Crippen LogP contribution in [-0.4, -0.2) is 26.9 Å². The van der Waals surface area contributed by atoms with Crippen LogP contribution >= 0.6 is 0 Å². The van der Waals surface area contributed by atoms with Crippen molar-refractivity contribution in [3.8, 4) is 5.75 Å². The minimum atomic E-state index is -4.15. The smallest absolute Gasteiger partial charge is 0.390 e. The largest absolute Gasteiger partial charge is 0.495 e. The van der Waals surface area contributed by atoms with Crippen LogP contribution in [-0.2, 0) is 0 Å². The summed E-state index contributed by atoms with van der Waals surface area (Å²) in [5.41, 5.74) is 6.72. The summed E-state index contributed by atoms with van der Waals surface area (Å²) in [6, 6.07) is 4.89. The third kappa shape index (κ3) is 4.05. The van der Waals surface area contributed by atoms with Crippen molar-refractivity contribution >= 4 is 11.4 Å². The summed E-state index contributed by atoms with van der Waals surface area (Å²) >= 11 is 0. The number of halogens is 3. The molecule has 0 radical (unpaired) electrons. The molecule has 0 aromatic heterocycles. The van der Waals surface area contributed by atoms with Crippen molar-refractivity contribution in [2.75, 3.05) is 31.3 Å². The van der Waals surface area contributed by atoms with Crippen molar-refractivity contribution in [3.63, 3.8) is 0 Å². The minimum absolute atomic E-state index is 0.101. The number of nitrogens with zero attached hydrogens (tertiary/aromatic N) is 1. The van der Waals surface area contributed by atoms with Crippen molar-refractivity contribution in [1.82, 2.24) is 0 Å². The van der Waals surface area contributed by atoms with E-state index in [-0.39, 0.29) is 6.54 Å². The topological polar surface area (TPSA) is 38.5 Å². The molecule has 1 rings (SSSR count). The second-order valence-corrected chi connectivity index (χ2v) is 3.71. The van der Waals surface area contributed by atoms with Gasteiger partial charge in [-0.15, -0.1) is 0 Å². The second kappa shape index (κ2) is 5.16. The summed E-state index contributed by atoms with van der Waals surface area (Å²) < 4.78 is 41.2. The van der Waals surface area contributed by atoms with Crippen LogP contribution in [0.4, 0.5) is 24.5 Å². The first-order chi connectivity index (χ1) is 7.83. The van der Waals surface area contributed by atoms with Gasteiger partial charge in [0.25, 0.3) is 0 Å². The molecule has 17 heavy (non-hydrogen) atoms. The fourth-order valence-electron chi connectivity index (χ4n) is 1.36. The molecule has 0 aliphatic heterocycles. The van der Waals surface area contributed by atoms with Gasteiger partial charge in [-0.1, -0.05) is 0 Å². The highest BCUT2D eigenvalue weighted by atomic mass is 19.4. The molecule has 1 aromatic carbocycles. The average molecular weight is 248 g/mol. The van der Waals surface area contributed by atoms with Gasteiger partial charge in [0.05, 0.1) is 19.2 Å². The van der Waals surface area contributed by atoms with E-state index in [4.69, 9.17) is 10.5 Å². The van der Waals surface area contributed by atoms with Gasteiger partial charge in [-0.25, -0.2) is 0 Å². The Morgan fingerprint density at radius 2 is 2.00 bits per heavy atom. The first-order valence-electron chi connectivity index (χ1n) is 5.05. The highest BCUT2D eigenvalue weighted by Gasteiger charge is 2.27. The van der Waals surface area contributed by atoms with Crippen molar-refractivity contribution < 1.29 is 17.9 Å². The van der Waals surface area contributed by atoms with Gasteiger partial charge in [0, 0.05) is 25.3 Å². The molecule has 3 nitrogen and oxygen atoms in total. The molecule has 2 N–H and O–H groups in total. The molecule has 0 bridgehead atoms. The number of nitrogens with two attached hydrogens (primary N) is 1. The Hall–Kier alpha value is -1.59. The van der Waals surface area contributed by atoms with Gasteiger partial charge in [0.1, 0.15) is 5.75 Å². The molecular weight excluding hydrogens is 233 g/mol. The molecule has 0 aliphatic rings. The zero-order chi connectivity index (χ0) is 13.1. The number of alkyl halides is 3. The molecule has 0 saturated carbocycles. The third-order valence-corrected chi connectivity index (χ3v) is 2.39. The normalized spacial score (nSPS) is 11.4. The Morgan fingerprint density at radius 3 is 2.53 bits per heavy atom. The monoisotopic (exact) mass is 248 g/mol. The maximum atomic E-state index is 12.1. The minimum Gasteiger partial charge on any atom is -0.495 e. The first-order valence-corrected chi connectivity index (χ1v) is 5.05. The highest BCUT2D eigenvalue weighted by molar-refractivity contribution is 5.62. The predicted octanol–water partition coefficient (Wildman–Crippen LogP) is 2.67. The molecule has 0 amide bonds. The number of methoxy groups -OCH3 is 1. The predicted molar refractivity (Wildman–Crippen MR) is 61.3 cm³/mol. The summed E-state index contributed by atoms with van der Waals surface area (Å²) in [5, 5.41) is 0. The molecule has 6 heteroatoms. The lowest BCUT2D eigenvalue weighted by atomic mass is 10.2. The molecule has 1 aromatic rings. The number of anilines is 2. The van der Waals surface area contributed by atoms with Crippen molar-refractivity contribution in [2.24, 2.45) is 0 Å². The Bertz CT molecular complexity index is 379. The van der Waals surface area contributed by atoms with Crippen LogP contribution in [0.15, 0.2) is 18.2 Å². The van der Waals surface area contributed by atoms with Crippen molar-refractivity contribution in [1.29, 1.82) is 0 Å². The molecule has 0 saturated heterocycles. The van der Waals surface area contributed by atoms with Gasteiger partial charge in [-0.2, -0.15) is 13.2 Å². The van der Waals surface area contributed by atoms with Crippen LogP contribution < -0.4 is 15.4 Å². The number of nitrogen functional groups attached to an aromatic ring is 1. The number of rotatable bonds is 4. The van der Waals surface area contributed by atoms with Crippen LogP contribution in [0, 0.1) is 0 Å². The highest BCUT2D eigenvalue weighted by Crippen LogP contribution is 2.28. The standard InChI is InChI=1S/C11H15F3N2O/c1-16(6-5-11(12,13)14)8-3-4-9(15)10(7-8)17-2/h3-4,7H,5-6,15H2,1-2H3. The van der Waals surface area contributed by atoms with Crippen LogP contribution in [0.1, 0.15) is 6.42 Å². The quantitative estimate of drug-likeness (QED) is 0.832. The van der Waals surface area contributed by atoms with E-state index in [1.54, 1.807) is 25.2 Å². The van der Waals surface area contributed by atoms with Crippen molar-refractivity contribution in [3.05, 3.63) is 18.2 Å². The lowest BCUT2D eigenvalue weighted by Gasteiger charge is -2.21. The molecule has 0 unspecified atom stereocenters. The fourth-order valence-corrected chi connectivity index (χ4v) is 1.36. The van der Waals surface area contributed by atoms with E-state index in [1.807, 2.05) is 0 Å². The van der Waals surface area contributed by atoms with E-state index in [0.29, 0.717) is 17.1 Å². The summed E-state index contributed by atoms with van der Waals surface area (Å²) in [6.45, 7) is -0.101. The van der Waals surface area contributed by atoms with E-state index in [1.165, 1.54) is 12.0 Å². The summed E-state index contributed by atoms with van der Waals surface area (Å²) in [4.78, 5) is 1.51. The van der Waals surface area contributed by atoms with Crippen LogP contribution in [0.5, 0.6) is 5.75 Å². The molecule has 0 fully saturated rings. The maximum absolute atomic E-state index is 12.1. The number of hydrogen-bond acceptors (Lipinski definition) is 3. The third-order valence-electron chi connectivity index (χ3n) is 2.39. The lowest BCUT2D eigenvalue weighted by Crippen LogP contribution is -2.24. The SMILES string of the molecule is COc1cc(N(C)CCC(F)(F)F)ccc1N. The van der Waals surface area contributed by atoms with Gasteiger partial charge >= 0.3 is 6.18 Å². The molecule has 0 aliphatic carbocycles. The molecule has 0 spiro atoms. The van der Waals surface area contributed by atoms with E-state index in [2.05, 4.69) is 0 Å². The number of hydrogen-bond donors (Lipinski definition) is 1. The number of ether oxygens (including phenoxy) is 1. The van der Waals surface area contributed by atoms with Crippen LogP contribution in [0.25, 0.3) is 0 Å². The average Bonchev–Trinajstić information content (AvgIpc) is 2.25.